The fourth-order valence-electron chi connectivity index (χ4n) is 2.14. The van der Waals surface area contributed by atoms with Crippen LogP contribution in [0.1, 0.15) is 17.4 Å². The molecule has 1 aromatic carbocycles. The van der Waals surface area contributed by atoms with Crippen LogP contribution in [0.25, 0.3) is 11.3 Å². The van der Waals surface area contributed by atoms with E-state index in [-0.39, 0.29) is 12.0 Å². The van der Waals surface area contributed by atoms with Gasteiger partial charge in [-0.2, -0.15) is 14.0 Å². The van der Waals surface area contributed by atoms with Gasteiger partial charge < -0.3 is 14.9 Å². The molecule has 1 aromatic heterocycles. The van der Waals surface area contributed by atoms with Crippen LogP contribution in [0.4, 0.5) is 13.2 Å². The summed E-state index contributed by atoms with van der Waals surface area (Å²) in [6, 6.07) is 8.04. The molecule has 0 aliphatic rings. The summed E-state index contributed by atoms with van der Waals surface area (Å²) in [6.07, 6.45) is -4.69. The summed E-state index contributed by atoms with van der Waals surface area (Å²) in [6.45, 7) is -1.21. The predicted octanol–water partition coefficient (Wildman–Crippen LogP) is 2.16. The first-order chi connectivity index (χ1) is 12.0. The molecular weight excluding hydrogens is 339 g/mol. The Balaban J connectivity index is 2.11. The van der Waals surface area contributed by atoms with Gasteiger partial charge in [0.15, 0.2) is 5.76 Å². The monoisotopic (exact) mass is 353 g/mol. The third-order valence-electron chi connectivity index (χ3n) is 3.43. The molecule has 2 atom stereocenters. The number of rotatable bonds is 7. The molecule has 2 unspecified atom stereocenters. The standard InChI is InChI=1S/C16H14F3N3O3/c17-8-12(21-16(24)15(18)19)14(23)10-3-1-9(2-4-10)13-7-11(5-6-20)22-25-13/h1-4,7,12,14-15,23H,5,8H2,(H,21,24). The minimum atomic E-state index is -3.29. The lowest BCUT2D eigenvalue weighted by Gasteiger charge is -2.21. The molecule has 2 N–H and O–H groups in total. The minimum Gasteiger partial charge on any atom is -0.386 e. The molecule has 1 amide bonds. The summed E-state index contributed by atoms with van der Waals surface area (Å²) < 4.78 is 42.5. The van der Waals surface area contributed by atoms with Crippen molar-refractivity contribution in [2.75, 3.05) is 6.67 Å². The van der Waals surface area contributed by atoms with Gasteiger partial charge in [0, 0.05) is 11.6 Å². The van der Waals surface area contributed by atoms with Crippen LogP contribution in [-0.2, 0) is 11.2 Å². The number of halogens is 3. The maximum Gasteiger partial charge on any atom is 0.315 e. The highest BCUT2D eigenvalue weighted by Crippen LogP contribution is 2.24. The van der Waals surface area contributed by atoms with Crippen LogP contribution in [0.2, 0.25) is 0 Å². The maximum atomic E-state index is 13.0. The Morgan fingerprint density at radius 3 is 2.60 bits per heavy atom. The number of nitriles is 1. The molecule has 6 nitrogen and oxygen atoms in total. The fraction of sp³-hybridized carbons (Fsp3) is 0.312. The first-order valence-electron chi connectivity index (χ1n) is 7.21. The number of aliphatic hydroxyl groups excluding tert-OH is 1. The molecule has 2 rings (SSSR count). The van der Waals surface area contributed by atoms with Crippen LogP contribution in [-0.4, -0.2) is 35.3 Å². The van der Waals surface area contributed by atoms with Crippen molar-refractivity contribution in [3.05, 3.63) is 41.6 Å². The second-order valence-electron chi connectivity index (χ2n) is 5.15. The summed E-state index contributed by atoms with van der Waals surface area (Å²) in [5, 5.41) is 24.1. The summed E-state index contributed by atoms with van der Waals surface area (Å²) in [4.78, 5) is 11.0. The van der Waals surface area contributed by atoms with E-state index in [1.54, 1.807) is 23.5 Å². The van der Waals surface area contributed by atoms with Gasteiger partial charge in [-0.05, 0) is 5.56 Å². The molecule has 9 heteroatoms. The van der Waals surface area contributed by atoms with E-state index in [0.29, 0.717) is 17.0 Å². The summed E-state index contributed by atoms with van der Waals surface area (Å²) in [5.74, 6) is -1.25. The van der Waals surface area contributed by atoms with Crippen molar-refractivity contribution in [3.63, 3.8) is 0 Å². The average Bonchev–Trinajstić information content (AvgIpc) is 3.08. The van der Waals surface area contributed by atoms with Gasteiger partial charge in [0.2, 0.25) is 0 Å². The topological polar surface area (TPSA) is 99.2 Å². The van der Waals surface area contributed by atoms with Crippen molar-refractivity contribution in [2.24, 2.45) is 0 Å². The molecule has 0 saturated heterocycles. The number of hydrogen-bond donors (Lipinski definition) is 2. The third kappa shape index (κ3) is 4.58. The second-order valence-corrected chi connectivity index (χ2v) is 5.15. The Bertz CT molecular complexity index is 756. The van der Waals surface area contributed by atoms with Crippen LogP contribution >= 0.6 is 0 Å². The number of aliphatic hydroxyl groups is 1. The first-order valence-corrected chi connectivity index (χ1v) is 7.21. The Labute approximate surface area is 140 Å². The highest BCUT2D eigenvalue weighted by Gasteiger charge is 2.26. The highest BCUT2D eigenvalue weighted by molar-refractivity contribution is 5.79. The Morgan fingerprint density at radius 2 is 2.04 bits per heavy atom. The Hall–Kier alpha value is -2.86. The van der Waals surface area contributed by atoms with Crippen LogP contribution in [0.3, 0.4) is 0 Å². The zero-order valence-corrected chi connectivity index (χ0v) is 12.8. The van der Waals surface area contributed by atoms with Gasteiger partial charge in [0.25, 0.3) is 5.91 Å². The summed E-state index contributed by atoms with van der Waals surface area (Å²) >= 11 is 0. The molecule has 132 valence electrons. The fourth-order valence-corrected chi connectivity index (χ4v) is 2.14. The largest absolute Gasteiger partial charge is 0.386 e. The number of nitrogens with zero attached hydrogens (tertiary/aromatic N) is 2. The number of amides is 1. The van der Waals surface area contributed by atoms with Crippen molar-refractivity contribution in [1.82, 2.24) is 10.5 Å². The molecule has 0 spiro atoms. The molecule has 0 bridgehead atoms. The minimum absolute atomic E-state index is 0.0995. The molecule has 0 aliphatic heterocycles. The van der Waals surface area contributed by atoms with Crippen molar-refractivity contribution in [3.8, 4) is 17.4 Å². The zero-order chi connectivity index (χ0) is 18.4. The van der Waals surface area contributed by atoms with E-state index in [0.717, 1.165) is 0 Å². The van der Waals surface area contributed by atoms with Gasteiger partial charge in [-0.25, -0.2) is 4.39 Å². The smallest absolute Gasteiger partial charge is 0.315 e. The second kappa shape index (κ2) is 8.30. The molecule has 2 aromatic rings. The number of carbonyl (C=O) groups excluding carboxylic acids is 1. The number of hydrogen-bond acceptors (Lipinski definition) is 5. The zero-order valence-electron chi connectivity index (χ0n) is 12.8. The van der Waals surface area contributed by atoms with E-state index in [9.17, 15) is 23.1 Å². The van der Waals surface area contributed by atoms with Crippen LogP contribution in [0.5, 0.6) is 0 Å². The van der Waals surface area contributed by atoms with Gasteiger partial charge in [-0.1, -0.05) is 29.4 Å². The van der Waals surface area contributed by atoms with E-state index in [4.69, 9.17) is 9.78 Å². The lowest BCUT2D eigenvalue weighted by atomic mass is 10.0. The van der Waals surface area contributed by atoms with Crippen molar-refractivity contribution < 1.29 is 27.6 Å². The van der Waals surface area contributed by atoms with Gasteiger partial charge in [0.05, 0.1) is 24.2 Å². The summed E-state index contributed by atoms with van der Waals surface area (Å²) in [7, 11) is 0. The van der Waals surface area contributed by atoms with Crippen LogP contribution in [0, 0.1) is 11.3 Å². The quantitative estimate of drug-likeness (QED) is 0.795. The van der Waals surface area contributed by atoms with Crippen molar-refractivity contribution >= 4 is 5.91 Å². The number of benzene rings is 1. The van der Waals surface area contributed by atoms with Crippen molar-refractivity contribution in [2.45, 2.75) is 25.0 Å². The van der Waals surface area contributed by atoms with Crippen LogP contribution < -0.4 is 5.32 Å². The number of alkyl halides is 3. The lowest BCUT2D eigenvalue weighted by molar-refractivity contribution is -0.133. The first kappa shape index (κ1) is 18.5. The summed E-state index contributed by atoms with van der Waals surface area (Å²) in [5.41, 5.74) is 1.30. The third-order valence-corrected chi connectivity index (χ3v) is 3.43. The molecule has 0 radical (unpaired) electrons. The van der Waals surface area contributed by atoms with Gasteiger partial charge in [-0.15, -0.1) is 0 Å². The van der Waals surface area contributed by atoms with Gasteiger partial charge in [0.1, 0.15) is 12.8 Å². The van der Waals surface area contributed by atoms with Crippen molar-refractivity contribution in [1.29, 1.82) is 5.26 Å². The molecule has 0 fully saturated rings. The van der Waals surface area contributed by atoms with Gasteiger partial charge in [-0.3, -0.25) is 4.79 Å². The Morgan fingerprint density at radius 1 is 1.36 bits per heavy atom. The number of aromatic nitrogens is 1. The molecule has 0 aliphatic carbocycles. The molecule has 1 heterocycles. The van der Waals surface area contributed by atoms with E-state index in [1.807, 2.05) is 6.07 Å². The number of carbonyl (C=O) groups is 1. The normalized spacial score (nSPS) is 13.3. The molecular formula is C16H14F3N3O3. The Kier molecular flexibility index (Phi) is 6.14. The van der Waals surface area contributed by atoms with E-state index in [2.05, 4.69) is 5.16 Å². The average molecular weight is 353 g/mol. The van der Waals surface area contributed by atoms with E-state index < -0.39 is 31.2 Å². The maximum absolute atomic E-state index is 13.0. The highest BCUT2D eigenvalue weighted by atomic mass is 19.3. The molecule has 25 heavy (non-hydrogen) atoms. The molecule has 0 saturated carbocycles. The van der Waals surface area contributed by atoms with Gasteiger partial charge >= 0.3 is 6.43 Å². The SMILES string of the molecule is N#CCc1cc(-c2ccc(C(O)C(CF)NC(=O)C(F)F)cc2)on1. The predicted molar refractivity (Wildman–Crippen MR) is 80.1 cm³/mol. The van der Waals surface area contributed by atoms with E-state index in [1.165, 1.54) is 12.1 Å². The van der Waals surface area contributed by atoms with Crippen LogP contribution in [0.15, 0.2) is 34.9 Å². The number of nitrogens with one attached hydrogen (secondary N) is 1. The van der Waals surface area contributed by atoms with E-state index >= 15 is 0 Å². The lowest BCUT2D eigenvalue weighted by Crippen LogP contribution is -2.43.